The molecule has 1 aromatic carbocycles. The van der Waals surface area contributed by atoms with Crippen LogP contribution in [0.5, 0.6) is 5.75 Å². The van der Waals surface area contributed by atoms with Crippen molar-refractivity contribution < 1.29 is 4.74 Å². The van der Waals surface area contributed by atoms with Crippen LogP contribution in [0.25, 0.3) is 0 Å². The Morgan fingerprint density at radius 3 is 2.95 bits per heavy atom. The molecule has 1 saturated heterocycles. The Hall–Kier alpha value is -1.50. The third-order valence-corrected chi connectivity index (χ3v) is 3.50. The third-order valence-electron chi connectivity index (χ3n) is 3.50. The molecule has 102 valence electrons. The summed E-state index contributed by atoms with van der Waals surface area (Å²) in [6, 6.07) is 6.23. The number of nitrogens with zero attached hydrogens (tertiary/aromatic N) is 1. The fourth-order valence-electron chi connectivity index (χ4n) is 2.53. The van der Waals surface area contributed by atoms with Gasteiger partial charge in [-0.25, -0.2) is 0 Å². The second-order valence-electron chi connectivity index (χ2n) is 5.17. The van der Waals surface area contributed by atoms with Crippen LogP contribution in [-0.2, 0) is 6.54 Å². The highest BCUT2D eigenvalue weighted by atomic mass is 16.5. The highest BCUT2D eigenvalue weighted by Crippen LogP contribution is 2.22. The number of ether oxygens (including phenoxy) is 1. The molecule has 1 atom stereocenters. The number of methoxy groups -OCH3 is 1. The first-order valence-electron chi connectivity index (χ1n) is 6.81. The van der Waals surface area contributed by atoms with E-state index in [1.165, 1.54) is 25.1 Å². The first-order valence-corrected chi connectivity index (χ1v) is 6.81. The average molecular weight is 258 g/mol. The molecule has 1 aliphatic heterocycles. The molecule has 1 aliphatic rings. The van der Waals surface area contributed by atoms with Crippen LogP contribution >= 0.6 is 0 Å². The molecule has 0 spiro atoms. The molecule has 1 fully saturated rings. The van der Waals surface area contributed by atoms with E-state index in [4.69, 9.17) is 10.5 Å². The summed E-state index contributed by atoms with van der Waals surface area (Å²) < 4.78 is 5.33. The summed E-state index contributed by atoms with van der Waals surface area (Å²) in [5, 5.41) is 0. The second kappa shape index (κ2) is 6.60. The van der Waals surface area contributed by atoms with Crippen molar-refractivity contribution in [2.24, 2.45) is 11.7 Å². The summed E-state index contributed by atoms with van der Waals surface area (Å²) in [6.45, 7) is 6.06. The molecule has 3 nitrogen and oxygen atoms in total. The van der Waals surface area contributed by atoms with E-state index in [1.54, 1.807) is 7.11 Å². The van der Waals surface area contributed by atoms with Crippen LogP contribution in [0.2, 0.25) is 0 Å². The highest BCUT2D eigenvalue weighted by molar-refractivity contribution is 5.48. The molecule has 0 radical (unpaired) electrons. The van der Waals surface area contributed by atoms with Crippen LogP contribution in [0, 0.1) is 17.8 Å². The molecule has 2 rings (SSSR count). The van der Waals surface area contributed by atoms with Gasteiger partial charge in [-0.15, -0.1) is 0 Å². The smallest absolute Gasteiger partial charge is 0.134 e. The molecular weight excluding hydrogens is 236 g/mol. The predicted molar refractivity (Wildman–Crippen MR) is 78.0 cm³/mol. The van der Waals surface area contributed by atoms with Crippen molar-refractivity contribution in [3.63, 3.8) is 0 Å². The first kappa shape index (κ1) is 13.9. The van der Waals surface area contributed by atoms with Crippen LogP contribution < -0.4 is 10.5 Å². The van der Waals surface area contributed by atoms with Crippen LogP contribution in [0.3, 0.4) is 0 Å². The number of rotatable bonds is 3. The highest BCUT2D eigenvalue weighted by Gasteiger charge is 2.18. The standard InChI is InChI=1S/C16H22N2O/c1-13-7-9-18(11-13)12-14-5-6-16(19-2)15(10-14)4-3-8-17/h5-6,10,13H,7-9,11-12,17H2,1-2H3. The van der Waals surface area contributed by atoms with E-state index in [-0.39, 0.29) is 0 Å². The Labute approximate surface area is 115 Å². The van der Waals surface area contributed by atoms with Crippen molar-refractivity contribution in [2.45, 2.75) is 19.9 Å². The van der Waals surface area contributed by atoms with Gasteiger partial charge in [0, 0.05) is 13.1 Å². The first-order chi connectivity index (χ1) is 9.22. The Morgan fingerprint density at radius 1 is 1.47 bits per heavy atom. The lowest BCUT2D eigenvalue weighted by molar-refractivity contribution is 0.320. The molecule has 1 aromatic rings. The topological polar surface area (TPSA) is 38.5 Å². The van der Waals surface area contributed by atoms with Crippen molar-refractivity contribution in [1.82, 2.24) is 4.90 Å². The van der Waals surface area contributed by atoms with E-state index >= 15 is 0 Å². The zero-order chi connectivity index (χ0) is 13.7. The van der Waals surface area contributed by atoms with Crippen molar-refractivity contribution >= 4 is 0 Å². The van der Waals surface area contributed by atoms with Crippen molar-refractivity contribution in [1.29, 1.82) is 0 Å². The molecule has 3 heteroatoms. The number of hydrogen-bond acceptors (Lipinski definition) is 3. The summed E-state index contributed by atoms with van der Waals surface area (Å²) >= 11 is 0. The zero-order valence-electron chi connectivity index (χ0n) is 11.8. The maximum Gasteiger partial charge on any atom is 0.134 e. The minimum absolute atomic E-state index is 0.372. The van der Waals surface area contributed by atoms with Gasteiger partial charge in [-0.1, -0.05) is 24.8 Å². The fourth-order valence-corrected chi connectivity index (χ4v) is 2.53. The maximum atomic E-state index is 5.43. The minimum atomic E-state index is 0.372. The van der Waals surface area contributed by atoms with Crippen LogP contribution in [0.1, 0.15) is 24.5 Å². The Balaban J connectivity index is 2.13. The van der Waals surface area contributed by atoms with Crippen LogP contribution in [-0.4, -0.2) is 31.6 Å². The number of hydrogen-bond donors (Lipinski definition) is 1. The normalized spacial score (nSPS) is 19.0. The largest absolute Gasteiger partial charge is 0.495 e. The van der Waals surface area contributed by atoms with E-state index in [1.807, 2.05) is 6.07 Å². The lowest BCUT2D eigenvalue weighted by atomic mass is 10.1. The Morgan fingerprint density at radius 2 is 2.32 bits per heavy atom. The van der Waals surface area contributed by atoms with E-state index in [9.17, 15) is 0 Å². The van der Waals surface area contributed by atoms with Gasteiger partial charge in [-0.3, -0.25) is 4.90 Å². The summed E-state index contributed by atoms with van der Waals surface area (Å²) in [4.78, 5) is 2.49. The van der Waals surface area contributed by atoms with Crippen LogP contribution in [0.15, 0.2) is 18.2 Å². The SMILES string of the molecule is COc1ccc(CN2CCC(C)C2)cc1C#CCN. The monoisotopic (exact) mass is 258 g/mol. The van der Waals surface area contributed by atoms with Gasteiger partial charge >= 0.3 is 0 Å². The van der Waals surface area contributed by atoms with Crippen molar-refractivity contribution in [3.8, 4) is 17.6 Å². The molecule has 1 unspecified atom stereocenters. The number of nitrogens with two attached hydrogens (primary N) is 1. The molecule has 1 heterocycles. The van der Waals surface area contributed by atoms with Gasteiger partial charge in [-0.05, 0) is 36.6 Å². The lowest BCUT2D eigenvalue weighted by Crippen LogP contribution is -2.19. The average Bonchev–Trinajstić information content (AvgIpc) is 2.82. The van der Waals surface area contributed by atoms with E-state index in [0.717, 1.165) is 23.8 Å². The summed E-state index contributed by atoms with van der Waals surface area (Å²) in [5.41, 5.74) is 7.65. The molecule has 19 heavy (non-hydrogen) atoms. The predicted octanol–water partition coefficient (Wildman–Crippen LogP) is 1.85. The van der Waals surface area contributed by atoms with E-state index in [2.05, 4.69) is 35.8 Å². The fraction of sp³-hybridized carbons (Fsp3) is 0.500. The van der Waals surface area contributed by atoms with E-state index in [0.29, 0.717) is 6.54 Å². The Kier molecular flexibility index (Phi) is 4.84. The summed E-state index contributed by atoms with van der Waals surface area (Å²) in [6.07, 6.45) is 1.30. The Bertz CT molecular complexity index is 487. The number of benzene rings is 1. The molecule has 0 amide bonds. The lowest BCUT2D eigenvalue weighted by Gasteiger charge is -2.16. The van der Waals surface area contributed by atoms with Crippen molar-refractivity contribution in [3.05, 3.63) is 29.3 Å². The van der Waals surface area contributed by atoms with Crippen LogP contribution in [0.4, 0.5) is 0 Å². The molecule has 0 aromatic heterocycles. The van der Waals surface area contributed by atoms with E-state index < -0.39 is 0 Å². The van der Waals surface area contributed by atoms with Gasteiger partial charge < -0.3 is 10.5 Å². The van der Waals surface area contributed by atoms with Gasteiger partial charge in [-0.2, -0.15) is 0 Å². The van der Waals surface area contributed by atoms with Gasteiger partial charge in [0.05, 0.1) is 19.2 Å². The minimum Gasteiger partial charge on any atom is -0.495 e. The molecule has 0 bridgehead atoms. The van der Waals surface area contributed by atoms with Gasteiger partial charge in [0.2, 0.25) is 0 Å². The van der Waals surface area contributed by atoms with Crippen molar-refractivity contribution in [2.75, 3.05) is 26.7 Å². The van der Waals surface area contributed by atoms with Gasteiger partial charge in [0.1, 0.15) is 5.75 Å². The quantitative estimate of drug-likeness (QED) is 0.841. The summed E-state index contributed by atoms with van der Waals surface area (Å²) in [7, 11) is 1.67. The molecular formula is C16H22N2O. The molecule has 0 aliphatic carbocycles. The molecule has 2 N–H and O–H groups in total. The zero-order valence-corrected chi connectivity index (χ0v) is 11.8. The second-order valence-corrected chi connectivity index (χ2v) is 5.17. The maximum absolute atomic E-state index is 5.43. The summed E-state index contributed by atoms with van der Waals surface area (Å²) in [5.74, 6) is 7.60. The van der Waals surface area contributed by atoms with Gasteiger partial charge in [0.25, 0.3) is 0 Å². The van der Waals surface area contributed by atoms with Gasteiger partial charge in [0.15, 0.2) is 0 Å². The number of likely N-dealkylation sites (tertiary alicyclic amines) is 1. The molecule has 0 saturated carbocycles. The third kappa shape index (κ3) is 3.73.